The zero-order chi connectivity index (χ0) is 16.7. The zero-order valence-corrected chi connectivity index (χ0v) is 13.3. The summed E-state index contributed by atoms with van der Waals surface area (Å²) in [7, 11) is 1.68. The molecule has 1 N–H and O–H groups in total. The lowest BCUT2D eigenvalue weighted by atomic mass is 9.77. The molecule has 1 heterocycles. The van der Waals surface area contributed by atoms with Gasteiger partial charge in [0, 0.05) is 23.7 Å². The molecule has 0 bridgehead atoms. The summed E-state index contributed by atoms with van der Waals surface area (Å²) in [5.74, 6) is 1.62. The van der Waals surface area contributed by atoms with Crippen LogP contribution >= 0.6 is 0 Å². The minimum Gasteiger partial charge on any atom is -0.497 e. The van der Waals surface area contributed by atoms with Gasteiger partial charge in [0.25, 0.3) is 5.69 Å². The van der Waals surface area contributed by atoms with E-state index < -0.39 is 0 Å². The molecule has 0 amide bonds. The van der Waals surface area contributed by atoms with E-state index in [1.165, 1.54) is 5.56 Å². The van der Waals surface area contributed by atoms with Crippen LogP contribution in [0.5, 0.6) is 5.75 Å². The van der Waals surface area contributed by atoms with Crippen LogP contribution in [0.25, 0.3) is 0 Å². The first-order valence-electron chi connectivity index (χ1n) is 8.03. The van der Waals surface area contributed by atoms with Gasteiger partial charge in [-0.2, -0.15) is 0 Å². The van der Waals surface area contributed by atoms with Gasteiger partial charge in [-0.25, -0.2) is 0 Å². The molecule has 0 fully saturated rings. The van der Waals surface area contributed by atoms with Crippen molar-refractivity contribution >= 4 is 11.4 Å². The van der Waals surface area contributed by atoms with E-state index in [2.05, 4.69) is 29.6 Å². The molecule has 3 atom stereocenters. The Morgan fingerprint density at radius 2 is 2.00 bits per heavy atom. The third kappa shape index (κ3) is 2.33. The highest BCUT2D eigenvalue weighted by molar-refractivity contribution is 5.61. The summed E-state index contributed by atoms with van der Waals surface area (Å²) in [6.45, 7) is 0. The van der Waals surface area contributed by atoms with Crippen molar-refractivity contribution in [3.63, 3.8) is 0 Å². The maximum absolute atomic E-state index is 10.9. The lowest BCUT2D eigenvalue weighted by Gasteiger charge is -2.37. The van der Waals surface area contributed by atoms with Crippen molar-refractivity contribution in [2.45, 2.75) is 18.4 Å². The van der Waals surface area contributed by atoms with Crippen molar-refractivity contribution in [3.05, 3.63) is 75.9 Å². The molecule has 2 aromatic rings. The molecule has 1 aliphatic carbocycles. The molecule has 122 valence electrons. The highest BCUT2D eigenvalue weighted by atomic mass is 16.6. The Morgan fingerprint density at radius 1 is 1.21 bits per heavy atom. The van der Waals surface area contributed by atoms with Crippen molar-refractivity contribution in [3.8, 4) is 5.75 Å². The van der Waals surface area contributed by atoms with Crippen LogP contribution in [0, 0.1) is 16.0 Å². The van der Waals surface area contributed by atoms with Crippen LogP contribution in [0.2, 0.25) is 0 Å². The van der Waals surface area contributed by atoms with E-state index in [4.69, 9.17) is 4.74 Å². The van der Waals surface area contributed by atoms with Crippen LogP contribution < -0.4 is 10.1 Å². The largest absolute Gasteiger partial charge is 0.497 e. The summed E-state index contributed by atoms with van der Waals surface area (Å²) in [5, 5.41) is 14.5. The van der Waals surface area contributed by atoms with Gasteiger partial charge in [-0.3, -0.25) is 10.1 Å². The number of nitro benzene ring substituents is 1. The van der Waals surface area contributed by atoms with Gasteiger partial charge in [0.05, 0.1) is 18.1 Å². The maximum atomic E-state index is 10.9. The molecule has 2 aliphatic rings. The molecule has 5 nitrogen and oxygen atoms in total. The molecule has 1 aliphatic heterocycles. The molecule has 0 unspecified atom stereocenters. The third-order valence-electron chi connectivity index (χ3n) is 5.03. The van der Waals surface area contributed by atoms with Gasteiger partial charge in [-0.05, 0) is 41.7 Å². The van der Waals surface area contributed by atoms with Crippen molar-refractivity contribution < 1.29 is 9.66 Å². The molecular formula is C19H18N2O3. The van der Waals surface area contributed by atoms with Crippen LogP contribution in [0.15, 0.2) is 54.6 Å². The fourth-order valence-corrected chi connectivity index (χ4v) is 3.83. The van der Waals surface area contributed by atoms with E-state index in [1.54, 1.807) is 19.2 Å². The summed E-state index contributed by atoms with van der Waals surface area (Å²) < 4.78 is 5.36. The van der Waals surface area contributed by atoms with E-state index in [1.807, 2.05) is 18.2 Å². The molecule has 0 saturated heterocycles. The number of ether oxygens (including phenoxy) is 1. The Morgan fingerprint density at radius 3 is 2.71 bits per heavy atom. The predicted octanol–water partition coefficient (Wildman–Crippen LogP) is 4.43. The minimum absolute atomic E-state index is 0.126. The highest BCUT2D eigenvalue weighted by Gasteiger charge is 2.38. The van der Waals surface area contributed by atoms with Gasteiger partial charge in [-0.1, -0.05) is 24.3 Å². The lowest BCUT2D eigenvalue weighted by molar-refractivity contribution is -0.384. The number of non-ortho nitro benzene ring substituents is 1. The fourth-order valence-electron chi connectivity index (χ4n) is 3.83. The van der Waals surface area contributed by atoms with Gasteiger partial charge < -0.3 is 10.1 Å². The second-order valence-electron chi connectivity index (χ2n) is 6.28. The standard InChI is InChI=1S/C19H18N2O3/c1-24-14-9-10-18-17(11-14)15-3-2-4-16(15)19(20-18)12-5-7-13(8-6-12)21(22)23/h2-3,5-11,15-16,19-20H,4H2,1H3/t15-,16-,19-/m1/s1. The SMILES string of the molecule is COc1ccc2c(c1)[C@@H]1C=CC[C@H]1[C@@H](c1ccc([N+](=O)[O-])cc1)N2. The zero-order valence-electron chi connectivity index (χ0n) is 13.3. The number of methoxy groups -OCH3 is 1. The number of allylic oxidation sites excluding steroid dienone is 2. The normalized spacial score (nSPS) is 24.0. The second kappa shape index (κ2) is 5.67. The van der Waals surface area contributed by atoms with Crippen molar-refractivity contribution in [1.29, 1.82) is 0 Å². The quantitative estimate of drug-likeness (QED) is 0.516. The van der Waals surface area contributed by atoms with E-state index in [0.29, 0.717) is 11.8 Å². The highest BCUT2D eigenvalue weighted by Crippen LogP contribution is 2.50. The number of benzene rings is 2. The third-order valence-corrected chi connectivity index (χ3v) is 5.03. The predicted molar refractivity (Wildman–Crippen MR) is 92.4 cm³/mol. The van der Waals surface area contributed by atoms with Crippen molar-refractivity contribution in [2.75, 3.05) is 12.4 Å². The average Bonchev–Trinajstić information content (AvgIpc) is 3.10. The molecule has 4 rings (SSSR count). The Labute approximate surface area is 140 Å². The molecule has 24 heavy (non-hydrogen) atoms. The first-order valence-corrected chi connectivity index (χ1v) is 8.03. The number of rotatable bonds is 3. The van der Waals surface area contributed by atoms with Gasteiger partial charge >= 0.3 is 0 Å². The van der Waals surface area contributed by atoms with E-state index in [0.717, 1.165) is 23.4 Å². The van der Waals surface area contributed by atoms with Gasteiger partial charge in [-0.15, -0.1) is 0 Å². The van der Waals surface area contributed by atoms with Crippen LogP contribution in [0.1, 0.15) is 29.5 Å². The minimum atomic E-state index is -0.362. The number of hydrogen-bond acceptors (Lipinski definition) is 4. The van der Waals surface area contributed by atoms with Crippen LogP contribution in [0.3, 0.4) is 0 Å². The van der Waals surface area contributed by atoms with E-state index >= 15 is 0 Å². The molecule has 5 heteroatoms. The number of nitro groups is 1. The summed E-state index contributed by atoms with van der Waals surface area (Å²) in [5.41, 5.74) is 3.57. The number of nitrogens with zero attached hydrogens (tertiary/aromatic N) is 1. The number of nitrogens with one attached hydrogen (secondary N) is 1. The molecule has 0 aromatic heterocycles. The topological polar surface area (TPSA) is 64.4 Å². The van der Waals surface area contributed by atoms with Gasteiger partial charge in [0.2, 0.25) is 0 Å². The van der Waals surface area contributed by atoms with Crippen molar-refractivity contribution in [1.82, 2.24) is 0 Å². The number of hydrogen-bond donors (Lipinski definition) is 1. The number of fused-ring (bicyclic) bond motifs is 3. The van der Waals surface area contributed by atoms with E-state index in [9.17, 15) is 10.1 Å². The Balaban J connectivity index is 1.71. The van der Waals surface area contributed by atoms with Crippen LogP contribution in [-0.4, -0.2) is 12.0 Å². The summed E-state index contributed by atoms with van der Waals surface area (Å²) in [4.78, 5) is 10.5. The molecule has 0 radical (unpaired) electrons. The summed E-state index contributed by atoms with van der Waals surface area (Å²) in [6.07, 6.45) is 5.49. The molecule has 0 spiro atoms. The first kappa shape index (κ1) is 14.8. The van der Waals surface area contributed by atoms with Crippen molar-refractivity contribution in [2.24, 2.45) is 5.92 Å². The van der Waals surface area contributed by atoms with Gasteiger partial charge in [0.1, 0.15) is 5.75 Å². The summed E-state index contributed by atoms with van der Waals surface area (Å²) in [6, 6.07) is 13.1. The van der Waals surface area contributed by atoms with Crippen LogP contribution in [0.4, 0.5) is 11.4 Å². The first-order chi connectivity index (χ1) is 11.7. The average molecular weight is 322 g/mol. The second-order valence-corrected chi connectivity index (χ2v) is 6.28. The smallest absolute Gasteiger partial charge is 0.269 e. The maximum Gasteiger partial charge on any atom is 0.269 e. The fraction of sp³-hybridized carbons (Fsp3) is 0.263. The molecule has 0 saturated carbocycles. The Hall–Kier alpha value is -2.82. The summed E-state index contributed by atoms with van der Waals surface area (Å²) >= 11 is 0. The number of anilines is 1. The monoisotopic (exact) mass is 322 g/mol. The van der Waals surface area contributed by atoms with Crippen LogP contribution in [-0.2, 0) is 0 Å². The molecule has 2 aromatic carbocycles. The Kier molecular flexibility index (Phi) is 3.49. The molecular weight excluding hydrogens is 304 g/mol. The lowest BCUT2D eigenvalue weighted by Crippen LogP contribution is -2.29. The van der Waals surface area contributed by atoms with Gasteiger partial charge in [0.15, 0.2) is 0 Å². The van der Waals surface area contributed by atoms with E-state index in [-0.39, 0.29) is 16.7 Å². The Bertz CT molecular complexity index is 814.